The van der Waals surface area contributed by atoms with Gasteiger partial charge < -0.3 is 10.6 Å². The molecule has 1 aromatic heterocycles. The number of fused-ring (bicyclic) bond motifs is 1. The molecule has 1 saturated heterocycles. The summed E-state index contributed by atoms with van der Waals surface area (Å²) < 4.78 is 0. The van der Waals surface area contributed by atoms with Crippen molar-refractivity contribution in [3.63, 3.8) is 0 Å². The number of aromatic nitrogens is 1. The monoisotopic (exact) mass is 286 g/mol. The van der Waals surface area contributed by atoms with Gasteiger partial charge in [0.2, 0.25) is 0 Å². The highest BCUT2D eigenvalue weighted by Gasteiger charge is 2.22. The third-order valence-electron chi connectivity index (χ3n) is 4.89. The number of hydrogen-bond donors (Lipinski definition) is 2. The van der Waals surface area contributed by atoms with Crippen molar-refractivity contribution in [2.24, 2.45) is 11.7 Å². The Balaban J connectivity index is 1.97. The predicted octanol–water partition coefficient (Wildman–Crippen LogP) is 2.87. The maximum absolute atomic E-state index is 7.92. The SMILES string of the molecule is CC1CCCN(c2nc3c(cc2C(=N)N)CCCC3)CC1. The Morgan fingerprint density at radius 1 is 1.24 bits per heavy atom. The van der Waals surface area contributed by atoms with E-state index in [1.165, 1.54) is 43.4 Å². The van der Waals surface area contributed by atoms with Gasteiger partial charge in [-0.25, -0.2) is 4.98 Å². The van der Waals surface area contributed by atoms with Crippen LogP contribution in [0, 0.1) is 11.3 Å². The second kappa shape index (κ2) is 6.04. The predicted molar refractivity (Wildman–Crippen MR) is 87.1 cm³/mol. The Morgan fingerprint density at radius 3 is 2.86 bits per heavy atom. The lowest BCUT2D eigenvalue weighted by atomic mass is 9.94. The van der Waals surface area contributed by atoms with Gasteiger partial charge in [0.05, 0.1) is 5.56 Å². The van der Waals surface area contributed by atoms with E-state index in [4.69, 9.17) is 16.1 Å². The Bertz CT molecular complexity index is 538. The molecule has 0 spiro atoms. The number of rotatable bonds is 2. The first-order valence-electron chi connectivity index (χ1n) is 8.27. The van der Waals surface area contributed by atoms with Gasteiger partial charge in [-0.05, 0) is 62.5 Å². The highest BCUT2D eigenvalue weighted by atomic mass is 15.2. The minimum Gasteiger partial charge on any atom is -0.384 e. The molecule has 1 aromatic rings. The van der Waals surface area contributed by atoms with Crippen molar-refractivity contribution >= 4 is 11.7 Å². The van der Waals surface area contributed by atoms with E-state index in [2.05, 4.69) is 17.9 Å². The molecule has 3 N–H and O–H groups in total. The van der Waals surface area contributed by atoms with Gasteiger partial charge in [-0.15, -0.1) is 0 Å². The zero-order valence-electron chi connectivity index (χ0n) is 13.0. The average Bonchev–Trinajstić information content (AvgIpc) is 2.70. The van der Waals surface area contributed by atoms with Gasteiger partial charge in [0.15, 0.2) is 0 Å². The Hall–Kier alpha value is -1.58. The van der Waals surface area contributed by atoms with Crippen molar-refractivity contribution in [2.75, 3.05) is 18.0 Å². The van der Waals surface area contributed by atoms with Crippen LogP contribution < -0.4 is 10.6 Å². The first kappa shape index (κ1) is 14.4. The number of pyridine rings is 1. The number of amidine groups is 1. The summed E-state index contributed by atoms with van der Waals surface area (Å²) in [5.74, 6) is 1.90. The maximum atomic E-state index is 7.92. The van der Waals surface area contributed by atoms with Crippen molar-refractivity contribution in [3.8, 4) is 0 Å². The lowest BCUT2D eigenvalue weighted by Gasteiger charge is -2.27. The van der Waals surface area contributed by atoms with Crippen LogP contribution in [-0.2, 0) is 12.8 Å². The van der Waals surface area contributed by atoms with E-state index in [9.17, 15) is 0 Å². The van der Waals surface area contributed by atoms with E-state index >= 15 is 0 Å². The van der Waals surface area contributed by atoms with Gasteiger partial charge in [-0.3, -0.25) is 5.41 Å². The number of nitrogens with one attached hydrogen (secondary N) is 1. The third-order valence-corrected chi connectivity index (χ3v) is 4.89. The van der Waals surface area contributed by atoms with Gasteiger partial charge >= 0.3 is 0 Å². The first-order valence-corrected chi connectivity index (χ1v) is 8.27. The van der Waals surface area contributed by atoms with Crippen LogP contribution in [0.1, 0.15) is 55.8 Å². The zero-order chi connectivity index (χ0) is 14.8. The van der Waals surface area contributed by atoms with Gasteiger partial charge in [-0.1, -0.05) is 6.92 Å². The van der Waals surface area contributed by atoms with Crippen LogP contribution in [0.25, 0.3) is 0 Å². The molecule has 21 heavy (non-hydrogen) atoms. The van der Waals surface area contributed by atoms with Crippen LogP contribution in [0.4, 0.5) is 5.82 Å². The van der Waals surface area contributed by atoms with Crippen LogP contribution >= 0.6 is 0 Å². The van der Waals surface area contributed by atoms with E-state index in [-0.39, 0.29) is 5.84 Å². The third kappa shape index (κ3) is 3.04. The minimum atomic E-state index is 0.156. The molecule has 1 unspecified atom stereocenters. The van der Waals surface area contributed by atoms with Gasteiger partial charge in [0.1, 0.15) is 11.7 Å². The molecule has 0 bridgehead atoms. The molecule has 4 heteroatoms. The lowest BCUT2D eigenvalue weighted by molar-refractivity contribution is 0.521. The fourth-order valence-electron chi connectivity index (χ4n) is 3.54. The van der Waals surface area contributed by atoms with E-state index in [0.717, 1.165) is 43.2 Å². The second-order valence-corrected chi connectivity index (χ2v) is 6.61. The quantitative estimate of drug-likeness (QED) is 0.649. The van der Waals surface area contributed by atoms with Gasteiger partial charge in [0.25, 0.3) is 0 Å². The molecule has 0 amide bonds. The van der Waals surface area contributed by atoms with Crippen LogP contribution in [0.5, 0.6) is 0 Å². The molecule has 0 radical (unpaired) electrons. The summed E-state index contributed by atoms with van der Waals surface area (Å²) in [5, 5.41) is 7.92. The average molecular weight is 286 g/mol. The second-order valence-electron chi connectivity index (χ2n) is 6.61. The molecular weight excluding hydrogens is 260 g/mol. The molecule has 1 fully saturated rings. The van der Waals surface area contributed by atoms with Gasteiger partial charge in [0, 0.05) is 18.8 Å². The molecule has 1 atom stereocenters. The van der Waals surface area contributed by atoms with Crippen LogP contribution in [0.15, 0.2) is 6.07 Å². The Kier molecular flexibility index (Phi) is 4.13. The fraction of sp³-hybridized carbons (Fsp3) is 0.647. The maximum Gasteiger partial charge on any atom is 0.139 e. The normalized spacial score (nSPS) is 22.5. The minimum absolute atomic E-state index is 0.156. The molecule has 3 rings (SSSR count). The topological polar surface area (TPSA) is 66.0 Å². The number of nitrogens with zero attached hydrogens (tertiary/aromatic N) is 2. The number of hydrogen-bond acceptors (Lipinski definition) is 3. The lowest BCUT2D eigenvalue weighted by Crippen LogP contribution is -2.29. The summed E-state index contributed by atoms with van der Waals surface area (Å²) in [6.45, 7) is 4.40. The molecule has 1 aliphatic heterocycles. The molecule has 114 valence electrons. The van der Waals surface area contributed by atoms with Gasteiger partial charge in [-0.2, -0.15) is 0 Å². The number of anilines is 1. The van der Waals surface area contributed by atoms with Crippen molar-refractivity contribution in [3.05, 3.63) is 22.9 Å². The summed E-state index contributed by atoms with van der Waals surface area (Å²) in [7, 11) is 0. The molecule has 1 aliphatic carbocycles. The van der Waals surface area contributed by atoms with E-state index in [1.807, 2.05) is 0 Å². The number of nitrogen functional groups attached to an aromatic ring is 1. The van der Waals surface area contributed by atoms with E-state index in [1.54, 1.807) is 0 Å². The van der Waals surface area contributed by atoms with Crippen molar-refractivity contribution in [2.45, 2.75) is 51.9 Å². The highest BCUT2D eigenvalue weighted by molar-refractivity contribution is 5.99. The molecule has 2 aliphatic rings. The van der Waals surface area contributed by atoms with Crippen molar-refractivity contribution < 1.29 is 0 Å². The fourth-order valence-corrected chi connectivity index (χ4v) is 3.54. The molecule has 0 saturated carbocycles. The highest BCUT2D eigenvalue weighted by Crippen LogP contribution is 2.29. The Morgan fingerprint density at radius 2 is 2.05 bits per heavy atom. The first-order chi connectivity index (χ1) is 10.1. The summed E-state index contributed by atoms with van der Waals surface area (Å²) in [6, 6.07) is 2.13. The molecular formula is C17H26N4. The standard InChI is InChI=1S/C17H26N4/c1-12-5-4-9-21(10-8-12)17-14(16(18)19)11-13-6-2-3-7-15(13)20-17/h11-12H,2-10H2,1H3,(H3,18,19). The van der Waals surface area contributed by atoms with Crippen LogP contribution in [0.2, 0.25) is 0 Å². The summed E-state index contributed by atoms with van der Waals surface area (Å²) in [4.78, 5) is 7.29. The summed E-state index contributed by atoms with van der Waals surface area (Å²) in [5.41, 5.74) is 9.21. The van der Waals surface area contributed by atoms with E-state index < -0.39 is 0 Å². The summed E-state index contributed by atoms with van der Waals surface area (Å²) in [6.07, 6.45) is 8.32. The number of aryl methyl sites for hydroxylation is 2. The molecule has 2 heterocycles. The smallest absolute Gasteiger partial charge is 0.139 e. The zero-order valence-corrected chi connectivity index (χ0v) is 13.0. The van der Waals surface area contributed by atoms with Crippen LogP contribution in [0.3, 0.4) is 0 Å². The van der Waals surface area contributed by atoms with Crippen LogP contribution in [-0.4, -0.2) is 23.9 Å². The van der Waals surface area contributed by atoms with Crippen molar-refractivity contribution in [1.29, 1.82) is 5.41 Å². The Labute approximate surface area is 127 Å². The number of nitrogens with two attached hydrogens (primary N) is 1. The van der Waals surface area contributed by atoms with Crippen molar-refractivity contribution in [1.82, 2.24) is 4.98 Å². The molecule has 4 nitrogen and oxygen atoms in total. The summed E-state index contributed by atoms with van der Waals surface area (Å²) >= 11 is 0. The van der Waals surface area contributed by atoms with E-state index in [0.29, 0.717) is 0 Å². The molecule has 0 aromatic carbocycles. The largest absolute Gasteiger partial charge is 0.384 e.